The summed E-state index contributed by atoms with van der Waals surface area (Å²) in [6.07, 6.45) is 0.660. The summed E-state index contributed by atoms with van der Waals surface area (Å²) in [5.41, 5.74) is 4.33. The zero-order chi connectivity index (χ0) is 24.5. The van der Waals surface area contributed by atoms with E-state index in [2.05, 4.69) is 10.3 Å². The third-order valence-electron chi connectivity index (χ3n) is 6.43. The molecule has 8 heteroatoms. The van der Waals surface area contributed by atoms with Crippen molar-refractivity contribution >= 4 is 22.6 Å². The van der Waals surface area contributed by atoms with E-state index in [0.717, 1.165) is 33.5 Å². The van der Waals surface area contributed by atoms with Crippen LogP contribution in [0, 0.1) is 5.82 Å². The smallest absolute Gasteiger partial charge is 0.322 e. The number of halogens is 1. The van der Waals surface area contributed by atoms with Crippen LogP contribution in [0.2, 0.25) is 0 Å². The number of carbonyl (C=O) groups is 1. The normalized spacial score (nSPS) is 15.0. The molecule has 5 rings (SSSR count). The van der Waals surface area contributed by atoms with Gasteiger partial charge in [0.15, 0.2) is 0 Å². The Bertz CT molecular complexity index is 1380. The van der Waals surface area contributed by atoms with E-state index in [1.165, 1.54) is 19.2 Å². The number of ether oxygens (including phenoxy) is 3. The summed E-state index contributed by atoms with van der Waals surface area (Å²) in [5, 5.41) is 4.03. The third-order valence-corrected chi connectivity index (χ3v) is 6.43. The molecule has 1 aliphatic heterocycles. The first-order chi connectivity index (χ1) is 17.0. The SMILES string of the molecule is COc1ccc(NC(=O)N2CCc3c([nH]c4ccc(OC)cc34)[C@H]2c2ccc(F)cc2)c(OC)c1. The van der Waals surface area contributed by atoms with Gasteiger partial charge in [0.2, 0.25) is 0 Å². The molecule has 0 saturated carbocycles. The highest BCUT2D eigenvalue weighted by Crippen LogP contribution is 2.40. The Labute approximate surface area is 202 Å². The third kappa shape index (κ3) is 4.12. The number of anilines is 1. The number of amides is 2. The van der Waals surface area contributed by atoms with E-state index in [9.17, 15) is 9.18 Å². The van der Waals surface area contributed by atoms with Crippen LogP contribution in [0.4, 0.5) is 14.9 Å². The predicted molar refractivity (Wildman–Crippen MR) is 132 cm³/mol. The van der Waals surface area contributed by atoms with Crippen molar-refractivity contribution in [2.45, 2.75) is 12.5 Å². The van der Waals surface area contributed by atoms with Crippen molar-refractivity contribution < 1.29 is 23.4 Å². The minimum Gasteiger partial charge on any atom is -0.497 e. The van der Waals surface area contributed by atoms with E-state index >= 15 is 0 Å². The number of H-pyrrole nitrogens is 1. The fourth-order valence-corrected chi connectivity index (χ4v) is 4.69. The van der Waals surface area contributed by atoms with Crippen molar-refractivity contribution in [3.05, 3.63) is 83.3 Å². The van der Waals surface area contributed by atoms with Crippen LogP contribution in [-0.4, -0.2) is 43.8 Å². The van der Waals surface area contributed by atoms with Crippen molar-refractivity contribution in [2.75, 3.05) is 33.2 Å². The molecule has 0 fully saturated rings. The summed E-state index contributed by atoms with van der Waals surface area (Å²) in [4.78, 5) is 18.8. The molecule has 1 aromatic heterocycles. The lowest BCUT2D eigenvalue weighted by atomic mass is 9.92. The Morgan fingerprint density at radius 3 is 2.40 bits per heavy atom. The van der Waals surface area contributed by atoms with Gasteiger partial charge < -0.3 is 29.4 Å². The number of nitrogens with zero attached hydrogens (tertiary/aromatic N) is 1. The van der Waals surface area contributed by atoms with Gasteiger partial charge in [0.25, 0.3) is 0 Å². The number of methoxy groups -OCH3 is 3. The highest BCUT2D eigenvalue weighted by atomic mass is 19.1. The molecule has 2 N–H and O–H groups in total. The summed E-state index contributed by atoms with van der Waals surface area (Å²) in [5.74, 6) is 1.56. The lowest BCUT2D eigenvalue weighted by Crippen LogP contribution is -2.43. The molecule has 2 amide bonds. The standard InChI is InChI=1S/C27H26FN3O4/c1-33-18-8-10-22-21(14-18)20-12-13-31(26(25(20)29-22)16-4-6-17(28)7-5-16)27(32)30-23-11-9-19(34-2)15-24(23)35-3/h4-11,14-15,26,29H,12-13H2,1-3H3,(H,30,32)/t26-/m1/s1. The zero-order valence-corrected chi connectivity index (χ0v) is 19.7. The Kier molecular flexibility index (Phi) is 5.94. The Balaban J connectivity index is 1.56. The second-order valence-electron chi connectivity index (χ2n) is 8.32. The number of urea groups is 1. The summed E-state index contributed by atoms with van der Waals surface area (Å²) >= 11 is 0. The first-order valence-electron chi connectivity index (χ1n) is 11.3. The van der Waals surface area contributed by atoms with Crippen LogP contribution in [0.1, 0.15) is 22.9 Å². The maximum atomic E-state index is 13.8. The van der Waals surface area contributed by atoms with Gasteiger partial charge in [-0.1, -0.05) is 12.1 Å². The zero-order valence-electron chi connectivity index (χ0n) is 19.7. The van der Waals surface area contributed by atoms with Gasteiger partial charge in [-0.3, -0.25) is 0 Å². The molecule has 4 aromatic rings. The monoisotopic (exact) mass is 475 g/mol. The average molecular weight is 476 g/mol. The van der Waals surface area contributed by atoms with Gasteiger partial charge in [-0.15, -0.1) is 0 Å². The van der Waals surface area contributed by atoms with Gasteiger partial charge in [-0.25, -0.2) is 9.18 Å². The van der Waals surface area contributed by atoms with Crippen LogP contribution < -0.4 is 19.5 Å². The van der Waals surface area contributed by atoms with Crippen molar-refractivity contribution in [1.29, 1.82) is 0 Å². The van der Waals surface area contributed by atoms with E-state index in [-0.39, 0.29) is 11.8 Å². The molecule has 35 heavy (non-hydrogen) atoms. The number of hydrogen-bond acceptors (Lipinski definition) is 4. The van der Waals surface area contributed by atoms with Crippen molar-refractivity contribution in [2.24, 2.45) is 0 Å². The molecule has 2 heterocycles. The number of benzene rings is 3. The lowest BCUT2D eigenvalue weighted by Gasteiger charge is -2.36. The molecule has 1 aliphatic rings. The van der Waals surface area contributed by atoms with Crippen molar-refractivity contribution in [3.8, 4) is 17.2 Å². The van der Waals surface area contributed by atoms with Gasteiger partial charge >= 0.3 is 6.03 Å². The van der Waals surface area contributed by atoms with Crippen molar-refractivity contribution in [3.63, 3.8) is 0 Å². The van der Waals surface area contributed by atoms with Crippen LogP contribution >= 0.6 is 0 Å². The van der Waals surface area contributed by atoms with Crippen LogP contribution in [0.3, 0.4) is 0 Å². The van der Waals surface area contributed by atoms with Crippen LogP contribution in [0.15, 0.2) is 60.7 Å². The highest BCUT2D eigenvalue weighted by Gasteiger charge is 2.35. The molecule has 1 atom stereocenters. The summed E-state index contributed by atoms with van der Waals surface area (Å²) < 4.78 is 29.9. The molecule has 0 spiro atoms. The first kappa shape index (κ1) is 22.6. The molecule has 3 aromatic carbocycles. The van der Waals surface area contributed by atoms with Gasteiger partial charge in [0.05, 0.1) is 33.1 Å². The Morgan fingerprint density at radius 1 is 0.971 bits per heavy atom. The van der Waals surface area contributed by atoms with E-state index < -0.39 is 6.04 Å². The molecule has 7 nitrogen and oxygen atoms in total. The molecular formula is C27H26FN3O4. The number of aromatic amines is 1. The predicted octanol–water partition coefficient (Wildman–Crippen LogP) is 5.51. The molecule has 0 unspecified atom stereocenters. The van der Waals surface area contributed by atoms with Crippen LogP contribution in [-0.2, 0) is 6.42 Å². The highest BCUT2D eigenvalue weighted by molar-refractivity contribution is 5.93. The van der Waals surface area contributed by atoms with Crippen LogP contribution in [0.5, 0.6) is 17.2 Å². The number of nitrogens with one attached hydrogen (secondary N) is 2. The number of fused-ring (bicyclic) bond motifs is 3. The first-order valence-corrected chi connectivity index (χ1v) is 11.3. The largest absolute Gasteiger partial charge is 0.497 e. The van der Waals surface area contributed by atoms with Gasteiger partial charge in [0.1, 0.15) is 23.1 Å². The summed E-state index contributed by atoms with van der Waals surface area (Å²) in [6.45, 7) is 0.476. The fourth-order valence-electron chi connectivity index (χ4n) is 4.69. The van der Waals surface area contributed by atoms with E-state index in [1.807, 2.05) is 18.2 Å². The summed E-state index contributed by atoms with van der Waals surface area (Å²) in [6, 6.07) is 16.6. The minimum absolute atomic E-state index is 0.287. The topological polar surface area (TPSA) is 75.8 Å². The number of carbonyl (C=O) groups excluding carboxylic acids is 1. The molecule has 0 saturated heterocycles. The maximum Gasteiger partial charge on any atom is 0.322 e. The Hall–Kier alpha value is -4.20. The quantitative estimate of drug-likeness (QED) is 0.399. The second-order valence-corrected chi connectivity index (χ2v) is 8.32. The summed E-state index contributed by atoms with van der Waals surface area (Å²) in [7, 11) is 4.75. The number of aromatic nitrogens is 1. The van der Waals surface area contributed by atoms with E-state index in [1.54, 1.807) is 49.5 Å². The van der Waals surface area contributed by atoms with E-state index in [0.29, 0.717) is 30.2 Å². The van der Waals surface area contributed by atoms with Gasteiger partial charge in [-0.2, -0.15) is 0 Å². The molecule has 0 radical (unpaired) electrons. The van der Waals surface area contributed by atoms with E-state index in [4.69, 9.17) is 14.2 Å². The molecular weight excluding hydrogens is 449 g/mol. The number of hydrogen-bond donors (Lipinski definition) is 2. The molecule has 180 valence electrons. The molecule has 0 bridgehead atoms. The molecule has 0 aliphatic carbocycles. The van der Waals surface area contributed by atoms with Gasteiger partial charge in [-0.05, 0) is 60.0 Å². The Morgan fingerprint density at radius 2 is 1.69 bits per heavy atom. The lowest BCUT2D eigenvalue weighted by molar-refractivity contribution is 0.193. The second kappa shape index (κ2) is 9.21. The van der Waals surface area contributed by atoms with Gasteiger partial charge in [0, 0.05) is 29.2 Å². The minimum atomic E-state index is -0.429. The average Bonchev–Trinajstić information content (AvgIpc) is 3.26. The van der Waals surface area contributed by atoms with Crippen molar-refractivity contribution in [1.82, 2.24) is 9.88 Å². The number of rotatable bonds is 5. The van der Waals surface area contributed by atoms with Crippen LogP contribution in [0.25, 0.3) is 10.9 Å². The maximum absolute atomic E-state index is 13.8. The fraction of sp³-hybridized carbons (Fsp3) is 0.222.